The number of hydrogen-bond donors (Lipinski definition) is 1. The molecule has 5 nitrogen and oxygen atoms in total. The minimum Gasteiger partial charge on any atom is -0.358 e. The second-order valence-corrected chi connectivity index (χ2v) is 6.11. The number of rotatable bonds is 3. The van der Waals surface area contributed by atoms with E-state index in [1.807, 2.05) is 13.8 Å². The molecule has 0 aliphatic carbocycles. The fourth-order valence-electron chi connectivity index (χ4n) is 0.665. The molecule has 1 rings (SSSR count). The van der Waals surface area contributed by atoms with E-state index >= 15 is 0 Å². The Morgan fingerprint density at radius 3 is 2.38 bits per heavy atom. The van der Waals surface area contributed by atoms with Crippen molar-refractivity contribution in [2.75, 3.05) is 11.6 Å². The van der Waals surface area contributed by atoms with E-state index in [1.54, 1.807) is 0 Å². The summed E-state index contributed by atoms with van der Waals surface area (Å²) < 4.78 is 22.1. The number of aromatic nitrogens is 2. The van der Waals surface area contributed by atoms with Gasteiger partial charge in [-0.3, -0.25) is 0 Å². The second kappa shape index (κ2) is 3.59. The molecule has 13 heavy (non-hydrogen) atoms. The number of nitrogens with zero attached hydrogens (tertiary/aromatic N) is 2. The Kier molecular flexibility index (Phi) is 2.87. The minimum absolute atomic E-state index is 0.0515. The summed E-state index contributed by atoms with van der Waals surface area (Å²) in [5.41, 5.74) is 0. The van der Waals surface area contributed by atoms with Crippen LogP contribution in [0.4, 0.5) is 5.13 Å². The highest BCUT2D eigenvalue weighted by Crippen LogP contribution is 2.19. The molecule has 0 aliphatic rings. The quantitative estimate of drug-likeness (QED) is 0.816. The van der Waals surface area contributed by atoms with Crippen molar-refractivity contribution in [1.82, 2.24) is 10.2 Å². The molecule has 0 radical (unpaired) electrons. The van der Waals surface area contributed by atoms with E-state index < -0.39 is 9.84 Å². The molecule has 1 heterocycles. The first-order valence-corrected chi connectivity index (χ1v) is 6.40. The summed E-state index contributed by atoms with van der Waals surface area (Å²) in [6.45, 7) is 3.89. The van der Waals surface area contributed by atoms with Crippen molar-refractivity contribution in [2.45, 2.75) is 24.2 Å². The Labute approximate surface area is 81.1 Å². The lowest BCUT2D eigenvalue weighted by atomic mass is 10.4. The third-order valence-electron chi connectivity index (χ3n) is 1.14. The van der Waals surface area contributed by atoms with Crippen molar-refractivity contribution >= 4 is 26.3 Å². The highest BCUT2D eigenvalue weighted by molar-refractivity contribution is 7.92. The molecule has 0 spiro atoms. The van der Waals surface area contributed by atoms with Crippen LogP contribution in [0.3, 0.4) is 0 Å². The van der Waals surface area contributed by atoms with Gasteiger partial charge in [-0.1, -0.05) is 11.3 Å². The summed E-state index contributed by atoms with van der Waals surface area (Å²) >= 11 is 1.05. The molecule has 0 saturated heterocycles. The SMILES string of the molecule is CC(C)Nc1nnc(S(C)(=O)=O)s1. The van der Waals surface area contributed by atoms with Gasteiger partial charge >= 0.3 is 0 Å². The van der Waals surface area contributed by atoms with E-state index in [0.29, 0.717) is 5.13 Å². The van der Waals surface area contributed by atoms with E-state index in [0.717, 1.165) is 17.6 Å². The zero-order chi connectivity index (χ0) is 10.1. The zero-order valence-corrected chi connectivity index (χ0v) is 9.24. The maximum absolute atomic E-state index is 11.0. The summed E-state index contributed by atoms with van der Waals surface area (Å²) in [5.74, 6) is 0. The molecule has 1 aromatic rings. The number of sulfone groups is 1. The van der Waals surface area contributed by atoms with Crippen molar-refractivity contribution in [1.29, 1.82) is 0 Å². The van der Waals surface area contributed by atoms with Gasteiger partial charge in [-0.2, -0.15) is 0 Å². The van der Waals surface area contributed by atoms with Crippen LogP contribution >= 0.6 is 11.3 Å². The molecule has 7 heteroatoms. The Bertz CT molecular complexity index is 382. The lowest BCUT2D eigenvalue weighted by Gasteiger charge is -2.02. The molecule has 0 atom stereocenters. The van der Waals surface area contributed by atoms with E-state index in [2.05, 4.69) is 15.5 Å². The molecule has 0 saturated carbocycles. The van der Waals surface area contributed by atoms with Crippen molar-refractivity contribution < 1.29 is 8.42 Å². The van der Waals surface area contributed by atoms with Gasteiger partial charge in [-0.25, -0.2) is 8.42 Å². The van der Waals surface area contributed by atoms with Gasteiger partial charge in [-0.15, -0.1) is 10.2 Å². The van der Waals surface area contributed by atoms with Crippen LogP contribution < -0.4 is 5.32 Å². The van der Waals surface area contributed by atoms with E-state index in [4.69, 9.17) is 0 Å². The van der Waals surface area contributed by atoms with Gasteiger partial charge in [-0.05, 0) is 13.8 Å². The summed E-state index contributed by atoms with van der Waals surface area (Å²) in [5, 5.41) is 10.8. The smallest absolute Gasteiger partial charge is 0.234 e. The summed E-state index contributed by atoms with van der Waals surface area (Å²) in [4.78, 5) is 0. The van der Waals surface area contributed by atoms with Crippen LogP contribution in [-0.4, -0.2) is 30.9 Å². The van der Waals surface area contributed by atoms with E-state index in [-0.39, 0.29) is 10.4 Å². The number of nitrogens with one attached hydrogen (secondary N) is 1. The highest BCUT2D eigenvalue weighted by atomic mass is 32.2. The highest BCUT2D eigenvalue weighted by Gasteiger charge is 2.14. The average Bonchev–Trinajstić information content (AvgIpc) is 2.32. The Hall–Kier alpha value is -0.690. The fraction of sp³-hybridized carbons (Fsp3) is 0.667. The minimum atomic E-state index is -3.21. The molecule has 74 valence electrons. The molecule has 0 aromatic carbocycles. The number of hydrogen-bond acceptors (Lipinski definition) is 6. The van der Waals surface area contributed by atoms with E-state index in [9.17, 15) is 8.42 Å². The molecular formula is C6H11N3O2S2. The molecule has 1 aromatic heterocycles. The molecule has 0 aliphatic heterocycles. The van der Waals surface area contributed by atoms with Crippen LogP contribution in [0.5, 0.6) is 0 Å². The first kappa shape index (κ1) is 10.4. The lowest BCUT2D eigenvalue weighted by molar-refractivity contribution is 0.600. The normalized spacial score (nSPS) is 12.0. The predicted molar refractivity (Wildman–Crippen MR) is 51.8 cm³/mol. The summed E-state index contributed by atoms with van der Waals surface area (Å²) in [6.07, 6.45) is 1.12. The molecular weight excluding hydrogens is 210 g/mol. The van der Waals surface area contributed by atoms with Crippen molar-refractivity contribution in [3.8, 4) is 0 Å². The molecule has 0 bridgehead atoms. The largest absolute Gasteiger partial charge is 0.358 e. The Balaban J connectivity index is 2.88. The Morgan fingerprint density at radius 2 is 2.00 bits per heavy atom. The maximum Gasteiger partial charge on any atom is 0.234 e. The van der Waals surface area contributed by atoms with Crippen LogP contribution in [0.15, 0.2) is 4.34 Å². The summed E-state index contributed by atoms with van der Waals surface area (Å²) in [6, 6.07) is 0.223. The van der Waals surface area contributed by atoms with Gasteiger partial charge in [0.25, 0.3) is 0 Å². The van der Waals surface area contributed by atoms with Crippen LogP contribution in [0, 0.1) is 0 Å². The molecule has 1 N–H and O–H groups in total. The van der Waals surface area contributed by atoms with Gasteiger partial charge in [0, 0.05) is 12.3 Å². The maximum atomic E-state index is 11.0. The second-order valence-electron chi connectivity index (χ2n) is 2.94. The van der Waals surface area contributed by atoms with Crippen LogP contribution in [0.25, 0.3) is 0 Å². The van der Waals surface area contributed by atoms with Gasteiger partial charge in [0.15, 0.2) is 0 Å². The zero-order valence-electron chi connectivity index (χ0n) is 7.60. The van der Waals surface area contributed by atoms with Crippen molar-refractivity contribution in [2.24, 2.45) is 0 Å². The average molecular weight is 221 g/mol. The third-order valence-corrected chi connectivity index (χ3v) is 3.66. The standard InChI is InChI=1S/C6H11N3O2S2/c1-4(2)7-5-8-9-6(12-5)13(3,10)11/h4H,1-3H3,(H,7,8). The fourth-order valence-corrected chi connectivity index (χ4v) is 2.32. The van der Waals surface area contributed by atoms with Crippen LogP contribution in [-0.2, 0) is 9.84 Å². The van der Waals surface area contributed by atoms with E-state index in [1.165, 1.54) is 0 Å². The van der Waals surface area contributed by atoms with Gasteiger partial charge in [0.1, 0.15) is 0 Å². The first-order chi connectivity index (χ1) is 5.89. The number of anilines is 1. The lowest BCUT2D eigenvalue weighted by Crippen LogP contribution is -2.08. The molecule has 0 amide bonds. The van der Waals surface area contributed by atoms with Crippen LogP contribution in [0.1, 0.15) is 13.8 Å². The topological polar surface area (TPSA) is 72.0 Å². The monoisotopic (exact) mass is 221 g/mol. The third kappa shape index (κ3) is 2.92. The van der Waals surface area contributed by atoms with Gasteiger partial charge < -0.3 is 5.32 Å². The van der Waals surface area contributed by atoms with Crippen molar-refractivity contribution in [3.05, 3.63) is 0 Å². The van der Waals surface area contributed by atoms with Gasteiger partial charge in [0.2, 0.25) is 19.3 Å². The molecule has 0 unspecified atom stereocenters. The predicted octanol–water partition coefficient (Wildman–Crippen LogP) is 0.762. The summed E-state index contributed by atoms with van der Waals surface area (Å²) in [7, 11) is -3.21. The first-order valence-electron chi connectivity index (χ1n) is 3.69. The van der Waals surface area contributed by atoms with Gasteiger partial charge in [0.05, 0.1) is 0 Å². The molecule has 0 fully saturated rings. The van der Waals surface area contributed by atoms with Crippen molar-refractivity contribution in [3.63, 3.8) is 0 Å². The Morgan fingerprint density at radius 1 is 1.38 bits per heavy atom. The van der Waals surface area contributed by atoms with Crippen LogP contribution in [0.2, 0.25) is 0 Å².